The van der Waals surface area contributed by atoms with Gasteiger partial charge in [-0.3, -0.25) is 0 Å². The maximum absolute atomic E-state index is 11.1. The summed E-state index contributed by atoms with van der Waals surface area (Å²) in [6, 6.07) is 5.37. The van der Waals surface area contributed by atoms with Crippen LogP contribution in [0.1, 0.15) is 49.5 Å². The van der Waals surface area contributed by atoms with Crippen molar-refractivity contribution in [3.05, 3.63) is 29.3 Å². The minimum Gasteiger partial charge on any atom is -0.490 e. The molecule has 0 aromatic heterocycles. The molecule has 1 aliphatic carbocycles. The van der Waals surface area contributed by atoms with Gasteiger partial charge in [0.05, 0.1) is 6.10 Å². The van der Waals surface area contributed by atoms with Crippen LogP contribution in [0.4, 0.5) is 0 Å². The summed E-state index contributed by atoms with van der Waals surface area (Å²) in [7, 11) is 0. The molecule has 0 heterocycles. The van der Waals surface area contributed by atoms with Crippen LogP contribution in [-0.4, -0.2) is 17.2 Å². The van der Waals surface area contributed by atoms with Crippen LogP contribution in [0.2, 0.25) is 0 Å². The van der Waals surface area contributed by atoms with Crippen molar-refractivity contribution in [2.24, 2.45) is 0 Å². The SMILES string of the molecule is CC(C)(C)c1ccc(C(=O)O)c(OC2CC2)c1. The van der Waals surface area contributed by atoms with Gasteiger partial charge in [0.15, 0.2) is 0 Å². The fraction of sp³-hybridized carbons (Fsp3) is 0.500. The van der Waals surface area contributed by atoms with E-state index in [9.17, 15) is 4.79 Å². The molecule has 3 heteroatoms. The van der Waals surface area contributed by atoms with Crippen molar-refractivity contribution in [1.82, 2.24) is 0 Å². The molecule has 0 amide bonds. The molecule has 0 saturated heterocycles. The first kappa shape index (κ1) is 12.0. The lowest BCUT2D eigenvalue weighted by Gasteiger charge is -2.20. The smallest absolute Gasteiger partial charge is 0.339 e. The van der Waals surface area contributed by atoms with Gasteiger partial charge in [-0.1, -0.05) is 26.8 Å². The van der Waals surface area contributed by atoms with E-state index in [4.69, 9.17) is 9.84 Å². The van der Waals surface area contributed by atoms with E-state index in [0.717, 1.165) is 18.4 Å². The summed E-state index contributed by atoms with van der Waals surface area (Å²) in [6.07, 6.45) is 2.26. The van der Waals surface area contributed by atoms with Crippen LogP contribution >= 0.6 is 0 Å². The third-order valence-electron chi connectivity index (χ3n) is 2.90. The zero-order chi connectivity index (χ0) is 12.6. The summed E-state index contributed by atoms with van der Waals surface area (Å²) in [5.41, 5.74) is 1.35. The van der Waals surface area contributed by atoms with Gasteiger partial charge in [0, 0.05) is 0 Å². The molecular formula is C14H18O3. The number of hydrogen-bond acceptors (Lipinski definition) is 2. The van der Waals surface area contributed by atoms with Crippen molar-refractivity contribution in [2.45, 2.75) is 45.1 Å². The Kier molecular flexibility index (Phi) is 2.86. The second kappa shape index (κ2) is 4.06. The lowest BCUT2D eigenvalue weighted by molar-refractivity contribution is 0.0692. The van der Waals surface area contributed by atoms with Gasteiger partial charge < -0.3 is 9.84 Å². The van der Waals surface area contributed by atoms with Crippen molar-refractivity contribution < 1.29 is 14.6 Å². The van der Waals surface area contributed by atoms with Gasteiger partial charge in [0.1, 0.15) is 11.3 Å². The van der Waals surface area contributed by atoms with Gasteiger partial charge >= 0.3 is 5.97 Å². The molecule has 1 N–H and O–H groups in total. The minimum atomic E-state index is -0.930. The highest BCUT2D eigenvalue weighted by atomic mass is 16.5. The largest absolute Gasteiger partial charge is 0.490 e. The van der Waals surface area contributed by atoms with E-state index < -0.39 is 5.97 Å². The molecule has 3 nitrogen and oxygen atoms in total. The summed E-state index contributed by atoms with van der Waals surface area (Å²) in [6.45, 7) is 6.30. The number of rotatable bonds is 3. The molecule has 1 aromatic carbocycles. The Bertz CT molecular complexity index is 439. The molecular weight excluding hydrogens is 216 g/mol. The number of carboxylic acid groups (broad SMARTS) is 1. The molecule has 0 radical (unpaired) electrons. The van der Waals surface area contributed by atoms with E-state index in [1.54, 1.807) is 6.07 Å². The van der Waals surface area contributed by atoms with E-state index >= 15 is 0 Å². The topological polar surface area (TPSA) is 46.5 Å². The van der Waals surface area contributed by atoms with Crippen LogP contribution in [0.5, 0.6) is 5.75 Å². The summed E-state index contributed by atoms with van der Waals surface area (Å²) in [5, 5.41) is 9.11. The predicted octanol–water partition coefficient (Wildman–Crippen LogP) is 3.22. The van der Waals surface area contributed by atoms with Gasteiger partial charge in [-0.15, -0.1) is 0 Å². The Balaban J connectivity index is 2.38. The number of aromatic carboxylic acids is 1. The molecule has 17 heavy (non-hydrogen) atoms. The molecule has 1 aromatic rings. The van der Waals surface area contributed by atoms with Gasteiger partial charge in [-0.25, -0.2) is 4.79 Å². The average Bonchev–Trinajstić information content (AvgIpc) is 2.99. The molecule has 1 fully saturated rings. The van der Waals surface area contributed by atoms with E-state index in [1.807, 2.05) is 12.1 Å². The van der Waals surface area contributed by atoms with E-state index in [-0.39, 0.29) is 17.1 Å². The maximum Gasteiger partial charge on any atom is 0.339 e. The van der Waals surface area contributed by atoms with E-state index in [1.165, 1.54) is 0 Å². The molecule has 92 valence electrons. The summed E-state index contributed by atoms with van der Waals surface area (Å²) < 4.78 is 5.67. The summed E-state index contributed by atoms with van der Waals surface area (Å²) in [5.74, 6) is -0.423. The van der Waals surface area contributed by atoms with Crippen molar-refractivity contribution >= 4 is 5.97 Å². The van der Waals surface area contributed by atoms with Crippen LogP contribution < -0.4 is 4.74 Å². The van der Waals surface area contributed by atoms with Gasteiger partial charge in [-0.05, 0) is 36.0 Å². The van der Waals surface area contributed by atoms with Gasteiger partial charge in [0.25, 0.3) is 0 Å². The molecule has 0 aliphatic heterocycles. The molecule has 0 bridgehead atoms. The van der Waals surface area contributed by atoms with Crippen LogP contribution in [-0.2, 0) is 5.41 Å². The number of ether oxygens (including phenoxy) is 1. The standard InChI is InChI=1S/C14H18O3/c1-14(2,3)9-4-7-11(13(15)16)12(8-9)17-10-5-6-10/h4,7-8,10H,5-6H2,1-3H3,(H,15,16). The Morgan fingerprint density at radius 1 is 1.35 bits per heavy atom. The van der Waals surface area contributed by atoms with Crippen molar-refractivity contribution in [3.8, 4) is 5.75 Å². The first-order valence-corrected chi connectivity index (χ1v) is 5.92. The quantitative estimate of drug-likeness (QED) is 0.873. The van der Waals surface area contributed by atoms with Crippen LogP contribution in [0.25, 0.3) is 0 Å². The second-order valence-electron chi connectivity index (χ2n) is 5.58. The Labute approximate surface area is 101 Å². The zero-order valence-corrected chi connectivity index (χ0v) is 10.5. The fourth-order valence-corrected chi connectivity index (χ4v) is 1.63. The minimum absolute atomic E-state index is 0.00130. The number of benzene rings is 1. The van der Waals surface area contributed by atoms with Gasteiger partial charge in [0.2, 0.25) is 0 Å². The highest BCUT2D eigenvalue weighted by Crippen LogP contribution is 2.33. The Morgan fingerprint density at radius 3 is 2.47 bits per heavy atom. The highest BCUT2D eigenvalue weighted by molar-refractivity contribution is 5.91. The maximum atomic E-state index is 11.1. The zero-order valence-electron chi connectivity index (χ0n) is 10.5. The molecule has 0 atom stereocenters. The third-order valence-corrected chi connectivity index (χ3v) is 2.90. The van der Waals surface area contributed by atoms with Crippen molar-refractivity contribution in [2.75, 3.05) is 0 Å². The third kappa shape index (κ3) is 2.78. The van der Waals surface area contributed by atoms with Crippen molar-refractivity contribution in [1.29, 1.82) is 0 Å². The number of carbonyl (C=O) groups is 1. The van der Waals surface area contributed by atoms with E-state index in [2.05, 4.69) is 20.8 Å². The highest BCUT2D eigenvalue weighted by Gasteiger charge is 2.26. The lowest BCUT2D eigenvalue weighted by atomic mass is 9.86. The average molecular weight is 234 g/mol. The Hall–Kier alpha value is -1.51. The van der Waals surface area contributed by atoms with Crippen molar-refractivity contribution in [3.63, 3.8) is 0 Å². The monoisotopic (exact) mass is 234 g/mol. The fourth-order valence-electron chi connectivity index (χ4n) is 1.63. The Morgan fingerprint density at radius 2 is 2.00 bits per heavy atom. The summed E-state index contributed by atoms with van der Waals surface area (Å²) >= 11 is 0. The normalized spacial score (nSPS) is 15.7. The molecule has 1 aliphatic rings. The predicted molar refractivity (Wildman–Crippen MR) is 65.8 cm³/mol. The van der Waals surface area contributed by atoms with Gasteiger partial charge in [-0.2, -0.15) is 0 Å². The first-order valence-electron chi connectivity index (χ1n) is 5.92. The number of carboxylic acids is 1. The summed E-state index contributed by atoms with van der Waals surface area (Å²) in [4.78, 5) is 11.1. The first-order chi connectivity index (χ1) is 7.88. The second-order valence-corrected chi connectivity index (χ2v) is 5.58. The van der Waals surface area contributed by atoms with E-state index in [0.29, 0.717) is 5.75 Å². The molecule has 0 unspecified atom stereocenters. The van der Waals surface area contributed by atoms with Crippen LogP contribution in [0.15, 0.2) is 18.2 Å². The molecule has 1 saturated carbocycles. The lowest BCUT2D eigenvalue weighted by Crippen LogP contribution is -2.13. The molecule has 2 rings (SSSR count). The van der Waals surface area contributed by atoms with Crippen LogP contribution in [0.3, 0.4) is 0 Å². The number of hydrogen-bond donors (Lipinski definition) is 1. The van der Waals surface area contributed by atoms with Crippen LogP contribution in [0, 0.1) is 0 Å². The molecule has 0 spiro atoms.